The molecule has 0 saturated heterocycles. The molecule has 0 atom stereocenters. The van der Waals surface area contributed by atoms with Gasteiger partial charge in [-0.15, -0.1) is 0 Å². The van der Waals surface area contributed by atoms with Crippen molar-refractivity contribution >= 4 is 17.4 Å². The zero-order valence-corrected chi connectivity index (χ0v) is 12.7. The molecule has 126 valence electrons. The van der Waals surface area contributed by atoms with Crippen LogP contribution in [0, 0.1) is 11.6 Å². The molecule has 3 rings (SSSR count). The van der Waals surface area contributed by atoms with Gasteiger partial charge >= 0.3 is 5.69 Å². The van der Waals surface area contributed by atoms with Gasteiger partial charge in [-0.1, -0.05) is 12.8 Å². The maximum atomic E-state index is 13.6. The molecular formula is C16H16F2N4O2. The Hall–Kier alpha value is -2.77. The van der Waals surface area contributed by atoms with Gasteiger partial charge in [-0.2, -0.15) is 4.98 Å². The Morgan fingerprint density at radius 2 is 1.83 bits per heavy atom. The molecule has 0 unspecified atom stereocenters. The van der Waals surface area contributed by atoms with E-state index in [1.165, 1.54) is 12.1 Å². The van der Waals surface area contributed by atoms with Gasteiger partial charge in [0.15, 0.2) is 0 Å². The lowest BCUT2D eigenvalue weighted by molar-refractivity contribution is -0.121. The quantitative estimate of drug-likeness (QED) is 0.800. The van der Waals surface area contributed by atoms with Crippen LogP contribution in [0.5, 0.6) is 0 Å². The van der Waals surface area contributed by atoms with Crippen molar-refractivity contribution in [1.29, 1.82) is 0 Å². The monoisotopic (exact) mass is 334 g/mol. The van der Waals surface area contributed by atoms with E-state index >= 15 is 0 Å². The molecule has 8 heteroatoms. The summed E-state index contributed by atoms with van der Waals surface area (Å²) in [6.07, 6.45) is 3.63. The second kappa shape index (κ2) is 6.03. The van der Waals surface area contributed by atoms with Gasteiger partial charge in [0.05, 0.1) is 11.6 Å². The molecule has 1 fully saturated rings. The second-order valence-electron chi connectivity index (χ2n) is 5.92. The number of nitrogens with two attached hydrogens (primary N) is 1. The van der Waals surface area contributed by atoms with Gasteiger partial charge in [-0.3, -0.25) is 9.78 Å². The predicted octanol–water partition coefficient (Wildman–Crippen LogP) is 2.08. The number of hydrogen-bond donors (Lipinski definition) is 3. The molecule has 0 bridgehead atoms. The number of nitrogens with zero attached hydrogens (tertiary/aromatic N) is 1. The average Bonchev–Trinajstić information content (AvgIpc) is 3.00. The highest BCUT2D eigenvalue weighted by Gasteiger charge is 2.43. The fraction of sp³-hybridized carbons (Fsp3) is 0.312. The lowest BCUT2D eigenvalue weighted by Gasteiger charge is -2.28. The molecule has 1 aromatic carbocycles. The maximum absolute atomic E-state index is 13.6. The van der Waals surface area contributed by atoms with Crippen molar-refractivity contribution in [3.8, 4) is 0 Å². The fourth-order valence-corrected chi connectivity index (χ4v) is 3.20. The maximum Gasteiger partial charge on any atom is 0.346 e. The minimum absolute atomic E-state index is 0.0260. The summed E-state index contributed by atoms with van der Waals surface area (Å²) < 4.78 is 27.2. The summed E-state index contributed by atoms with van der Waals surface area (Å²) in [5, 5.41) is 2.62. The number of nitrogens with one attached hydrogen (secondary N) is 2. The number of anilines is 2. The van der Waals surface area contributed by atoms with E-state index in [2.05, 4.69) is 15.3 Å². The summed E-state index contributed by atoms with van der Waals surface area (Å²) in [6.45, 7) is 0. The molecule has 1 saturated carbocycles. The molecule has 24 heavy (non-hydrogen) atoms. The van der Waals surface area contributed by atoms with Crippen LogP contribution in [-0.4, -0.2) is 15.9 Å². The molecule has 1 aliphatic rings. The van der Waals surface area contributed by atoms with E-state index in [0.29, 0.717) is 18.4 Å². The van der Waals surface area contributed by atoms with Gasteiger partial charge in [-0.05, 0) is 30.5 Å². The van der Waals surface area contributed by atoms with E-state index in [9.17, 15) is 18.4 Å². The molecule has 1 amide bonds. The molecule has 0 aliphatic heterocycles. The Labute approximate surface area is 136 Å². The molecule has 2 aromatic rings. The lowest BCUT2D eigenvalue weighted by Crippen LogP contribution is -2.38. The number of carbonyl (C=O) groups excluding carboxylic acids is 1. The highest BCUT2D eigenvalue weighted by atomic mass is 19.1. The van der Waals surface area contributed by atoms with Gasteiger partial charge in [-0.25, -0.2) is 13.6 Å². The van der Waals surface area contributed by atoms with Crippen molar-refractivity contribution in [2.24, 2.45) is 0 Å². The van der Waals surface area contributed by atoms with Crippen LogP contribution in [0.25, 0.3) is 0 Å². The second-order valence-corrected chi connectivity index (χ2v) is 5.92. The molecule has 1 aromatic heterocycles. The average molecular weight is 334 g/mol. The molecule has 0 radical (unpaired) electrons. The summed E-state index contributed by atoms with van der Waals surface area (Å²) in [4.78, 5) is 29.8. The van der Waals surface area contributed by atoms with Crippen LogP contribution in [0.3, 0.4) is 0 Å². The van der Waals surface area contributed by atoms with E-state index in [1.54, 1.807) is 0 Å². The third kappa shape index (κ3) is 2.86. The first-order chi connectivity index (χ1) is 11.4. The number of aromatic amines is 1. The van der Waals surface area contributed by atoms with Crippen LogP contribution in [0.1, 0.15) is 31.2 Å². The van der Waals surface area contributed by atoms with Gasteiger partial charge < -0.3 is 11.1 Å². The van der Waals surface area contributed by atoms with Gasteiger partial charge in [0.1, 0.15) is 23.1 Å². The van der Waals surface area contributed by atoms with E-state index in [0.717, 1.165) is 25.1 Å². The topological polar surface area (TPSA) is 101 Å². The Balaban J connectivity index is 1.98. The molecule has 1 aliphatic carbocycles. The zero-order chi connectivity index (χ0) is 17.3. The van der Waals surface area contributed by atoms with E-state index in [-0.39, 0.29) is 11.5 Å². The van der Waals surface area contributed by atoms with Crippen molar-refractivity contribution in [1.82, 2.24) is 9.97 Å². The van der Waals surface area contributed by atoms with Crippen molar-refractivity contribution in [3.63, 3.8) is 0 Å². The van der Waals surface area contributed by atoms with Crippen molar-refractivity contribution in [2.75, 3.05) is 11.1 Å². The molecule has 4 N–H and O–H groups in total. The first-order valence-electron chi connectivity index (χ1n) is 7.53. The van der Waals surface area contributed by atoms with Crippen LogP contribution in [0.15, 0.2) is 29.2 Å². The minimum Gasteiger partial charge on any atom is -0.383 e. The number of benzene rings is 1. The van der Waals surface area contributed by atoms with Crippen molar-refractivity contribution in [3.05, 3.63) is 52.1 Å². The number of hydrogen-bond acceptors (Lipinski definition) is 4. The van der Waals surface area contributed by atoms with E-state index < -0.39 is 28.6 Å². The number of carbonyl (C=O) groups is 1. The van der Waals surface area contributed by atoms with Crippen LogP contribution in [-0.2, 0) is 10.2 Å². The molecule has 6 nitrogen and oxygen atoms in total. The SMILES string of the molecule is Nc1[nH]c(=O)ncc1NC(=O)C1(c2cc(F)cc(F)c2)CCCC1. The first kappa shape index (κ1) is 16.1. The number of nitrogen functional groups attached to an aromatic ring is 1. The molecule has 0 spiro atoms. The Morgan fingerprint density at radius 1 is 1.21 bits per heavy atom. The molecule has 1 heterocycles. The lowest BCUT2D eigenvalue weighted by atomic mass is 9.78. The number of amides is 1. The number of halogens is 2. The molecular weight excluding hydrogens is 318 g/mol. The third-order valence-corrected chi connectivity index (χ3v) is 4.40. The largest absolute Gasteiger partial charge is 0.383 e. The van der Waals surface area contributed by atoms with E-state index in [1.807, 2.05) is 0 Å². The Kier molecular flexibility index (Phi) is 4.04. The summed E-state index contributed by atoms with van der Waals surface area (Å²) in [5.41, 5.74) is 4.45. The summed E-state index contributed by atoms with van der Waals surface area (Å²) >= 11 is 0. The van der Waals surface area contributed by atoms with Gasteiger partial charge in [0, 0.05) is 6.07 Å². The van der Waals surface area contributed by atoms with E-state index in [4.69, 9.17) is 5.73 Å². The van der Waals surface area contributed by atoms with Crippen LogP contribution in [0.4, 0.5) is 20.3 Å². The third-order valence-electron chi connectivity index (χ3n) is 4.40. The predicted molar refractivity (Wildman–Crippen MR) is 84.4 cm³/mol. The summed E-state index contributed by atoms with van der Waals surface area (Å²) in [5.74, 6) is -1.91. The normalized spacial score (nSPS) is 16.1. The number of aromatic nitrogens is 2. The smallest absolute Gasteiger partial charge is 0.346 e. The number of rotatable bonds is 3. The highest BCUT2D eigenvalue weighted by Crippen LogP contribution is 2.42. The van der Waals surface area contributed by atoms with Crippen molar-refractivity contribution in [2.45, 2.75) is 31.1 Å². The van der Waals surface area contributed by atoms with Crippen LogP contribution in [0.2, 0.25) is 0 Å². The zero-order valence-electron chi connectivity index (χ0n) is 12.7. The Morgan fingerprint density at radius 3 is 2.42 bits per heavy atom. The van der Waals surface area contributed by atoms with Crippen molar-refractivity contribution < 1.29 is 13.6 Å². The Bertz CT molecular complexity index is 824. The minimum atomic E-state index is -1.04. The number of H-pyrrole nitrogens is 1. The first-order valence-corrected chi connectivity index (χ1v) is 7.53. The highest BCUT2D eigenvalue weighted by molar-refractivity contribution is 6.00. The van der Waals surface area contributed by atoms with Crippen LogP contribution >= 0.6 is 0 Å². The van der Waals surface area contributed by atoms with Crippen LogP contribution < -0.4 is 16.7 Å². The fourth-order valence-electron chi connectivity index (χ4n) is 3.20. The summed E-state index contributed by atoms with van der Waals surface area (Å²) in [7, 11) is 0. The standard InChI is InChI=1S/C16H16F2N4O2/c17-10-5-9(6-11(18)7-10)16(3-1-2-4-16)14(23)21-12-8-20-15(24)22-13(12)19/h5-8H,1-4H2,(H,21,23)(H3,19,20,22,24). The van der Waals surface area contributed by atoms with Gasteiger partial charge in [0.25, 0.3) is 0 Å². The van der Waals surface area contributed by atoms with Gasteiger partial charge in [0.2, 0.25) is 5.91 Å². The summed E-state index contributed by atoms with van der Waals surface area (Å²) in [6, 6.07) is 3.14.